The SMILES string of the molecule is COc1ccc(CC(=O)c2cc3ccccc3[nH]c2=O)cc1[N+](=O)[O-]. The Labute approximate surface area is 142 Å². The molecular formula is C18H14N2O5. The minimum Gasteiger partial charge on any atom is -0.490 e. The second kappa shape index (κ2) is 6.56. The molecule has 7 nitrogen and oxygen atoms in total. The van der Waals surface area contributed by atoms with Gasteiger partial charge in [-0.1, -0.05) is 24.3 Å². The van der Waals surface area contributed by atoms with E-state index in [1.807, 2.05) is 6.07 Å². The molecule has 0 fully saturated rings. The van der Waals surface area contributed by atoms with Crippen LogP contribution in [0.25, 0.3) is 10.9 Å². The number of rotatable bonds is 5. The Kier molecular flexibility index (Phi) is 4.30. The highest BCUT2D eigenvalue weighted by molar-refractivity contribution is 5.99. The van der Waals surface area contributed by atoms with Gasteiger partial charge in [0.25, 0.3) is 5.56 Å². The van der Waals surface area contributed by atoms with E-state index in [2.05, 4.69) is 4.98 Å². The molecule has 1 heterocycles. The molecule has 0 unspecified atom stereocenters. The summed E-state index contributed by atoms with van der Waals surface area (Å²) in [6.45, 7) is 0. The van der Waals surface area contributed by atoms with Crippen molar-refractivity contribution in [3.63, 3.8) is 0 Å². The number of methoxy groups -OCH3 is 1. The Balaban J connectivity index is 1.95. The summed E-state index contributed by atoms with van der Waals surface area (Å²) in [4.78, 5) is 37.8. The van der Waals surface area contributed by atoms with Gasteiger partial charge in [0.15, 0.2) is 11.5 Å². The van der Waals surface area contributed by atoms with Gasteiger partial charge in [0.05, 0.1) is 17.6 Å². The number of carbonyl (C=O) groups excluding carboxylic acids is 1. The number of benzene rings is 2. The van der Waals surface area contributed by atoms with E-state index in [1.54, 1.807) is 24.3 Å². The lowest BCUT2D eigenvalue weighted by Crippen LogP contribution is -2.19. The predicted molar refractivity (Wildman–Crippen MR) is 92.3 cm³/mol. The normalized spacial score (nSPS) is 10.6. The Morgan fingerprint density at radius 2 is 1.96 bits per heavy atom. The third kappa shape index (κ3) is 3.25. The number of aromatic nitrogens is 1. The van der Waals surface area contributed by atoms with Gasteiger partial charge in [-0.15, -0.1) is 0 Å². The van der Waals surface area contributed by atoms with Gasteiger partial charge in [-0.05, 0) is 29.1 Å². The number of nitro benzene ring substituents is 1. The summed E-state index contributed by atoms with van der Waals surface area (Å²) in [5.74, 6) is -0.295. The molecule has 0 spiro atoms. The van der Waals surface area contributed by atoms with Crippen LogP contribution in [0.4, 0.5) is 5.69 Å². The number of nitrogens with one attached hydrogen (secondary N) is 1. The van der Waals surface area contributed by atoms with Crippen molar-refractivity contribution < 1.29 is 14.5 Å². The molecule has 0 radical (unpaired) electrons. The lowest BCUT2D eigenvalue weighted by molar-refractivity contribution is -0.385. The van der Waals surface area contributed by atoms with Crippen LogP contribution in [-0.4, -0.2) is 22.8 Å². The van der Waals surface area contributed by atoms with Gasteiger partial charge in [-0.3, -0.25) is 19.7 Å². The zero-order valence-electron chi connectivity index (χ0n) is 13.3. The minimum atomic E-state index is -0.574. The van der Waals surface area contributed by atoms with E-state index in [0.717, 1.165) is 5.39 Å². The number of aromatic amines is 1. The van der Waals surface area contributed by atoms with Crippen LogP contribution >= 0.6 is 0 Å². The number of pyridine rings is 1. The number of nitrogens with zero attached hydrogens (tertiary/aromatic N) is 1. The van der Waals surface area contributed by atoms with Gasteiger partial charge in [0, 0.05) is 18.0 Å². The van der Waals surface area contributed by atoms with Crippen molar-refractivity contribution in [3.8, 4) is 5.75 Å². The number of nitro groups is 1. The van der Waals surface area contributed by atoms with Crippen LogP contribution in [0, 0.1) is 10.1 Å². The number of fused-ring (bicyclic) bond motifs is 1. The van der Waals surface area contributed by atoms with Crippen molar-refractivity contribution in [2.45, 2.75) is 6.42 Å². The van der Waals surface area contributed by atoms with E-state index in [1.165, 1.54) is 25.3 Å². The molecule has 0 saturated carbocycles. The molecule has 7 heteroatoms. The fraction of sp³-hybridized carbons (Fsp3) is 0.111. The summed E-state index contributed by atoms with van der Waals surface area (Å²) in [5.41, 5.74) is 0.401. The third-order valence-corrected chi connectivity index (χ3v) is 3.86. The molecule has 0 aliphatic heterocycles. The van der Waals surface area contributed by atoms with Crippen molar-refractivity contribution >= 4 is 22.4 Å². The van der Waals surface area contributed by atoms with E-state index in [-0.39, 0.29) is 23.4 Å². The summed E-state index contributed by atoms with van der Waals surface area (Å²) in [5, 5.41) is 11.8. The Bertz CT molecular complexity index is 1040. The number of hydrogen-bond donors (Lipinski definition) is 1. The number of para-hydroxylation sites is 1. The van der Waals surface area contributed by atoms with E-state index < -0.39 is 16.3 Å². The second-order valence-electron chi connectivity index (χ2n) is 5.46. The average Bonchev–Trinajstić information content (AvgIpc) is 2.60. The summed E-state index contributed by atoms with van der Waals surface area (Å²) >= 11 is 0. The molecule has 126 valence electrons. The van der Waals surface area contributed by atoms with Gasteiger partial charge < -0.3 is 9.72 Å². The highest BCUT2D eigenvalue weighted by Gasteiger charge is 2.18. The molecule has 0 aliphatic rings. The van der Waals surface area contributed by atoms with E-state index in [9.17, 15) is 19.7 Å². The number of hydrogen-bond acceptors (Lipinski definition) is 5. The largest absolute Gasteiger partial charge is 0.490 e. The molecule has 0 aliphatic carbocycles. The molecule has 2 aromatic carbocycles. The number of ether oxygens (including phenoxy) is 1. The first kappa shape index (κ1) is 16.4. The molecule has 3 aromatic rings. The van der Waals surface area contributed by atoms with Gasteiger partial charge in [-0.25, -0.2) is 0 Å². The van der Waals surface area contributed by atoms with Gasteiger partial charge in [0.2, 0.25) is 0 Å². The molecule has 0 atom stereocenters. The van der Waals surface area contributed by atoms with Crippen molar-refractivity contribution in [1.29, 1.82) is 0 Å². The summed E-state index contributed by atoms with van der Waals surface area (Å²) in [6.07, 6.45) is -0.119. The number of carbonyl (C=O) groups is 1. The average molecular weight is 338 g/mol. The fourth-order valence-corrected chi connectivity index (χ4v) is 2.62. The van der Waals surface area contributed by atoms with Crippen molar-refractivity contribution in [2.24, 2.45) is 0 Å². The van der Waals surface area contributed by atoms with Gasteiger partial charge in [0.1, 0.15) is 0 Å². The topological polar surface area (TPSA) is 102 Å². The van der Waals surface area contributed by atoms with Crippen LogP contribution in [0.15, 0.2) is 53.3 Å². The molecule has 0 amide bonds. The molecule has 25 heavy (non-hydrogen) atoms. The number of Topliss-reactive ketones (excluding diaryl/α,β-unsaturated/α-hetero) is 1. The van der Waals surface area contributed by atoms with Gasteiger partial charge in [-0.2, -0.15) is 0 Å². The smallest absolute Gasteiger partial charge is 0.311 e. The second-order valence-corrected chi connectivity index (χ2v) is 5.46. The minimum absolute atomic E-state index is 0.0252. The maximum absolute atomic E-state index is 12.5. The molecule has 0 saturated heterocycles. The van der Waals surface area contributed by atoms with Crippen LogP contribution in [0.1, 0.15) is 15.9 Å². The standard InChI is InChI=1S/C18H14N2O5/c1-25-17-7-6-11(8-15(17)20(23)24)9-16(21)13-10-12-4-2-3-5-14(12)19-18(13)22/h2-8,10H,9H2,1H3,(H,19,22). The fourth-order valence-electron chi connectivity index (χ4n) is 2.62. The molecule has 0 bridgehead atoms. The predicted octanol–water partition coefficient (Wildman–Crippen LogP) is 2.87. The van der Waals surface area contributed by atoms with Crippen LogP contribution in [0.5, 0.6) is 5.75 Å². The zero-order valence-corrected chi connectivity index (χ0v) is 13.3. The lowest BCUT2D eigenvalue weighted by Gasteiger charge is -2.05. The van der Waals surface area contributed by atoms with Crippen LogP contribution in [0.2, 0.25) is 0 Å². The van der Waals surface area contributed by atoms with E-state index in [0.29, 0.717) is 11.1 Å². The van der Waals surface area contributed by atoms with Crippen molar-refractivity contribution in [2.75, 3.05) is 7.11 Å². The molecular weight excluding hydrogens is 324 g/mol. The van der Waals surface area contributed by atoms with Gasteiger partial charge >= 0.3 is 5.69 Å². The highest BCUT2D eigenvalue weighted by atomic mass is 16.6. The molecule has 3 rings (SSSR count). The summed E-state index contributed by atoms with van der Waals surface area (Å²) in [6, 6.07) is 13.0. The van der Waals surface area contributed by atoms with Crippen molar-refractivity contribution in [3.05, 3.63) is 80.1 Å². The first-order valence-electron chi connectivity index (χ1n) is 7.46. The highest BCUT2D eigenvalue weighted by Crippen LogP contribution is 2.28. The first-order chi connectivity index (χ1) is 12.0. The summed E-state index contributed by atoms with van der Waals surface area (Å²) in [7, 11) is 1.34. The van der Waals surface area contributed by atoms with Crippen LogP contribution < -0.4 is 10.3 Å². The Hall–Kier alpha value is -3.48. The van der Waals surface area contributed by atoms with Crippen LogP contribution in [-0.2, 0) is 6.42 Å². The van der Waals surface area contributed by atoms with Crippen LogP contribution in [0.3, 0.4) is 0 Å². The third-order valence-electron chi connectivity index (χ3n) is 3.86. The quantitative estimate of drug-likeness (QED) is 0.438. The maximum atomic E-state index is 12.5. The zero-order chi connectivity index (χ0) is 18.0. The number of ketones is 1. The Morgan fingerprint density at radius 1 is 1.20 bits per heavy atom. The molecule has 1 aromatic heterocycles. The summed E-state index contributed by atoms with van der Waals surface area (Å²) < 4.78 is 4.94. The molecule has 1 N–H and O–H groups in total. The lowest BCUT2D eigenvalue weighted by atomic mass is 10.0. The monoisotopic (exact) mass is 338 g/mol. The van der Waals surface area contributed by atoms with E-state index >= 15 is 0 Å². The first-order valence-corrected chi connectivity index (χ1v) is 7.46. The van der Waals surface area contributed by atoms with Crippen molar-refractivity contribution in [1.82, 2.24) is 4.98 Å². The maximum Gasteiger partial charge on any atom is 0.311 e. The Morgan fingerprint density at radius 3 is 2.68 bits per heavy atom. The number of H-pyrrole nitrogens is 1. The van der Waals surface area contributed by atoms with E-state index in [4.69, 9.17) is 4.74 Å².